The van der Waals surface area contributed by atoms with Crippen LogP contribution in [0.3, 0.4) is 0 Å². The molecule has 0 spiro atoms. The van der Waals surface area contributed by atoms with E-state index in [2.05, 4.69) is 4.98 Å². The largest absolute Gasteiger partial charge is 0.480 e. The number of alkyl halides is 3. The Bertz CT molecular complexity index is 1030. The normalized spacial score (nSPS) is 19.7. The lowest BCUT2D eigenvalue weighted by molar-refractivity contribution is -0.149. The monoisotopic (exact) mass is 458 g/mol. The van der Waals surface area contributed by atoms with Gasteiger partial charge >= 0.3 is 6.18 Å². The van der Waals surface area contributed by atoms with E-state index in [0.29, 0.717) is 13.0 Å². The molecular formula is C21H23F5N4O2. The van der Waals surface area contributed by atoms with Gasteiger partial charge in [0.15, 0.2) is 11.6 Å². The van der Waals surface area contributed by atoms with Gasteiger partial charge < -0.3 is 20.7 Å². The van der Waals surface area contributed by atoms with Crippen LogP contribution < -0.4 is 20.7 Å². The molecular weight excluding hydrogens is 435 g/mol. The molecule has 0 unspecified atom stereocenters. The smallest absolute Gasteiger partial charge is 0.408 e. The third-order valence-electron chi connectivity index (χ3n) is 5.32. The van der Waals surface area contributed by atoms with E-state index in [1.807, 2.05) is 5.32 Å². The quantitative estimate of drug-likeness (QED) is 0.669. The molecule has 1 fully saturated rings. The van der Waals surface area contributed by atoms with Crippen molar-refractivity contribution in [3.63, 3.8) is 0 Å². The Labute approximate surface area is 181 Å². The number of anilines is 1. The van der Waals surface area contributed by atoms with Crippen molar-refractivity contribution in [2.24, 2.45) is 5.73 Å². The number of methoxy groups -OCH3 is 1. The number of nitrogens with one attached hydrogen (secondary N) is 1. The zero-order valence-corrected chi connectivity index (χ0v) is 17.7. The van der Waals surface area contributed by atoms with Gasteiger partial charge in [-0.2, -0.15) is 13.2 Å². The highest BCUT2D eigenvalue weighted by Gasteiger charge is 2.39. The van der Waals surface area contributed by atoms with E-state index < -0.39 is 35.3 Å². The molecule has 0 aliphatic carbocycles. The number of pyridine rings is 1. The van der Waals surface area contributed by atoms with Crippen LogP contribution in [0.15, 0.2) is 24.4 Å². The van der Waals surface area contributed by atoms with Gasteiger partial charge in [-0.1, -0.05) is 6.07 Å². The minimum absolute atomic E-state index is 0.00273. The van der Waals surface area contributed by atoms with Gasteiger partial charge in [-0.15, -0.1) is 0 Å². The Morgan fingerprint density at radius 1 is 1.31 bits per heavy atom. The highest BCUT2D eigenvalue weighted by atomic mass is 19.4. The van der Waals surface area contributed by atoms with Crippen LogP contribution in [-0.2, 0) is 0 Å². The van der Waals surface area contributed by atoms with E-state index >= 15 is 0 Å². The molecule has 1 aliphatic rings. The lowest BCUT2D eigenvalue weighted by atomic mass is 9.99. The molecule has 3 N–H and O–H groups in total. The van der Waals surface area contributed by atoms with Crippen molar-refractivity contribution in [3.05, 3.63) is 41.6 Å². The molecule has 2 atom stereocenters. The summed E-state index contributed by atoms with van der Waals surface area (Å²) in [7, 11) is 1.30. The van der Waals surface area contributed by atoms with Gasteiger partial charge in [0, 0.05) is 24.8 Å². The maximum atomic E-state index is 14.0. The molecule has 1 aromatic carbocycles. The molecule has 6 nitrogen and oxygen atoms in total. The van der Waals surface area contributed by atoms with Crippen LogP contribution in [0.4, 0.5) is 27.6 Å². The summed E-state index contributed by atoms with van der Waals surface area (Å²) >= 11 is 0. The van der Waals surface area contributed by atoms with E-state index in [4.69, 9.17) is 10.5 Å². The SMILES string of the molecule is COc1ncc(C(=O)N[C@@H](C)C(F)(F)F)c(N2CC[C@](C)(N)C2)c1-c1ccc(F)c(F)c1. The van der Waals surface area contributed by atoms with E-state index in [1.54, 1.807) is 11.8 Å². The average molecular weight is 458 g/mol. The first-order chi connectivity index (χ1) is 14.8. The van der Waals surface area contributed by atoms with E-state index in [0.717, 1.165) is 25.3 Å². The standard InChI is InChI=1S/C21H23F5N4O2/c1-11(21(24,25)26)29-18(31)13-9-28-19(32-3)16(12-4-5-14(22)15(23)8-12)17(13)30-7-6-20(2,27)10-30/h4-5,8-9,11H,6-7,10,27H2,1-3H3,(H,29,31)/t11-,20-/m0/s1. The van der Waals surface area contributed by atoms with Crippen LogP contribution in [0.1, 0.15) is 30.6 Å². The fourth-order valence-electron chi connectivity index (χ4n) is 3.58. The fraction of sp³-hybridized carbons (Fsp3) is 0.429. The number of nitrogens with two attached hydrogens (primary N) is 1. The van der Waals surface area contributed by atoms with Gasteiger partial charge in [0.2, 0.25) is 5.88 Å². The molecule has 1 amide bonds. The molecule has 0 saturated carbocycles. The number of nitrogens with zero attached hydrogens (tertiary/aromatic N) is 2. The van der Waals surface area contributed by atoms with Crippen LogP contribution >= 0.6 is 0 Å². The van der Waals surface area contributed by atoms with Crippen molar-refractivity contribution in [1.82, 2.24) is 10.3 Å². The van der Waals surface area contributed by atoms with Crippen molar-refractivity contribution in [2.45, 2.75) is 38.0 Å². The van der Waals surface area contributed by atoms with Crippen molar-refractivity contribution < 1.29 is 31.5 Å². The Morgan fingerprint density at radius 3 is 2.53 bits per heavy atom. The summed E-state index contributed by atoms with van der Waals surface area (Å²) in [6, 6.07) is 0.980. The van der Waals surface area contributed by atoms with Crippen LogP contribution in [-0.4, -0.2) is 48.8 Å². The van der Waals surface area contributed by atoms with Crippen molar-refractivity contribution in [3.8, 4) is 17.0 Å². The number of carbonyl (C=O) groups excluding carboxylic acids is 1. The molecule has 3 rings (SSSR count). The number of ether oxygens (including phenoxy) is 1. The van der Waals surface area contributed by atoms with E-state index in [-0.39, 0.29) is 34.8 Å². The topological polar surface area (TPSA) is 80.5 Å². The third-order valence-corrected chi connectivity index (χ3v) is 5.32. The molecule has 2 aromatic rings. The molecule has 32 heavy (non-hydrogen) atoms. The third kappa shape index (κ3) is 4.77. The number of benzene rings is 1. The van der Waals surface area contributed by atoms with Crippen molar-refractivity contribution in [1.29, 1.82) is 0 Å². The van der Waals surface area contributed by atoms with Crippen LogP contribution in [0.2, 0.25) is 0 Å². The van der Waals surface area contributed by atoms with E-state index in [9.17, 15) is 26.7 Å². The van der Waals surface area contributed by atoms with Gasteiger partial charge in [-0.3, -0.25) is 4.79 Å². The fourth-order valence-corrected chi connectivity index (χ4v) is 3.58. The molecule has 0 radical (unpaired) electrons. The number of rotatable bonds is 5. The summed E-state index contributed by atoms with van der Waals surface area (Å²) < 4.78 is 71.9. The number of carbonyl (C=O) groups is 1. The Hall–Kier alpha value is -2.95. The van der Waals surface area contributed by atoms with Gasteiger partial charge in [0.25, 0.3) is 5.91 Å². The Balaban J connectivity index is 2.21. The maximum Gasteiger partial charge on any atom is 0.408 e. The number of hydrogen-bond donors (Lipinski definition) is 2. The zero-order chi connectivity index (χ0) is 23.8. The number of halogens is 5. The zero-order valence-electron chi connectivity index (χ0n) is 17.7. The summed E-state index contributed by atoms with van der Waals surface area (Å²) in [5.74, 6) is -3.24. The number of aromatic nitrogens is 1. The lowest BCUT2D eigenvalue weighted by Crippen LogP contribution is -2.44. The van der Waals surface area contributed by atoms with Gasteiger partial charge in [-0.25, -0.2) is 13.8 Å². The molecule has 1 aliphatic heterocycles. The molecule has 0 bridgehead atoms. The maximum absolute atomic E-state index is 14.0. The summed E-state index contributed by atoms with van der Waals surface area (Å²) in [6.45, 7) is 3.27. The second-order valence-electron chi connectivity index (χ2n) is 8.10. The minimum Gasteiger partial charge on any atom is -0.480 e. The van der Waals surface area contributed by atoms with Crippen LogP contribution in [0, 0.1) is 11.6 Å². The summed E-state index contributed by atoms with van der Waals surface area (Å²) in [4.78, 5) is 18.6. The second kappa shape index (κ2) is 8.53. The molecule has 174 valence electrons. The predicted molar refractivity (Wildman–Crippen MR) is 109 cm³/mol. The Morgan fingerprint density at radius 2 is 2.00 bits per heavy atom. The minimum atomic E-state index is -4.65. The van der Waals surface area contributed by atoms with E-state index in [1.165, 1.54) is 13.2 Å². The first-order valence-corrected chi connectivity index (χ1v) is 9.78. The number of amides is 1. The van der Waals surface area contributed by atoms with Crippen molar-refractivity contribution >= 4 is 11.6 Å². The van der Waals surface area contributed by atoms with Crippen LogP contribution in [0.25, 0.3) is 11.1 Å². The van der Waals surface area contributed by atoms with Crippen LogP contribution in [0.5, 0.6) is 5.88 Å². The summed E-state index contributed by atoms with van der Waals surface area (Å²) in [6.07, 6.45) is -3.01. The first kappa shape index (κ1) is 23.7. The average Bonchev–Trinajstić information content (AvgIpc) is 3.07. The highest BCUT2D eigenvalue weighted by Crippen LogP contribution is 2.42. The predicted octanol–water partition coefficient (Wildman–Crippen LogP) is 3.64. The molecule has 1 saturated heterocycles. The number of hydrogen-bond acceptors (Lipinski definition) is 5. The first-order valence-electron chi connectivity index (χ1n) is 9.78. The Kier molecular flexibility index (Phi) is 6.32. The summed E-state index contributed by atoms with van der Waals surface area (Å²) in [5.41, 5.74) is 5.91. The van der Waals surface area contributed by atoms with Gasteiger partial charge in [-0.05, 0) is 38.0 Å². The van der Waals surface area contributed by atoms with Crippen molar-refractivity contribution in [2.75, 3.05) is 25.1 Å². The summed E-state index contributed by atoms with van der Waals surface area (Å²) in [5, 5.41) is 1.92. The van der Waals surface area contributed by atoms with Gasteiger partial charge in [0.1, 0.15) is 6.04 Å². The second-order valence-corrected chi connectivity index (χ2v) is 8.10. The highest BCUT2D eigenvalue weighted by molar-refractivity contribution is 6.04. The lowest BCUT2D eigenvalue weighted by Gasteiger charge is -2.28. The molecule has 1 aromatic heterocycles. The van der Waals surface area contributed by atoms with Gasteiger partial charge in [0.05, 0.1) is 23.9 Å². The molecule has 11 heteroatoms. The molecule has 2 heterocycles.